The fraction of sp³-hybridized carbons (Fsp3) is 0.389. The molecule has 0 saturated carbocycles. The van der Waals surface area contributed by atoms with Crippen molar-refractivity contribution in [1.82, 2.24) is 19.9 Å². The number of amides is 1. The van der Waals surface area contributed by atoms with E-state index in [2.05, 4.69) is 36.3 Å². The number of hydrogen-bond donors (Lipinski definition) is 1. The van der Waals surface area contributed by atoms with Crippen molar-refractivity contribution in [3.8, 4) is 0 Å². The normalized spacial score (nSPS) is 13.2. The molecule has 0 radical (unpaired) electrons. The van der Waals surface area contributed by atoms with Crippen LogP contribution in [0.1, 0.15) is 49.6 Å². The molecule has 0 aromatic carbocycles. The first-order valence-electron chi connectivity index (χ1n) is 8.03. The predicted molar refractivity (Wildman–Crippen MR) is 91.0 cm³/mol. The van der Waals surface area contributed by atoms with Crippen LogP contribution in [0.3, 0.4) is 0 Å². The average Bonchev–Trinajstić information content (AvgIpc) is 3.14. The summed E-state index contributed by atoms with van der Waals surface area (Å²) in [5.74, 6) is 1.56. The molecule has 3 heterocycles. The maximum atomic E-state index is 12.5. The van der Waals surface area contributed by atoms with E-state index in [1.54, 1.807) is 18.5 Å². The molecule has 0 aliphatic carbocycles. The topological polar surface area (TPSA) is 72.4 Å². The summed E-state index contributed by atoms with van der Waals surface area (Å²) in [4.78, 5) is 12.5. The van der Waals surface area contributed by atoms with Gasteiger partial charge < -0.3 is 9.73 Å². The Bertz CT molecular complexity index is 844. The summed E-state index contributed by atoms with van der Waals surface area (Å²) in [6, 6.07) is 7.31. The summed E-state index contributed by atoms with van der Waals surface area (Å²) in [7, 11) is 0. The number of nitrogens with zero attached hydrogens (tertiary/aromatic N) is 3. The number of carbonyl (C=O) groups is 1. The first-order valence-corrected chi connectivity index (χ1v) is 8.03. The maximum absolute atomic E-state index is 12.5. The molecule has 1 amide bonds. The summed E-state index contributed by atoms with van der Waals surface area (Å²) in [6.45, 7) is 8.17. The van der Waals surface area contributed by atoms with Crippen LogP contribution < -0.4 is 5.32 Å². The van der Waals surface area contributed by atoms with Crippen LogP contribution in [0.5, 0.6) is 0 Å². The number of rotatable bonds is 4. The molecule has 6 heteroatoms. The Hall–Kier alpha value is -2.63. The third-order valence-electron chi connectivity index (χ3n) is 3.80. The van der Waals surface area contributed by atoms with Gasteiger partial charge in [0.1, 0.15) is 11.6 Å². The van der Waals surface area contributed by atoms with E-state index in [9.17, 15) is 4.79 Å². The highest BCUT2D eigenvalue weighted by molar-refractivity contribution is 5.94. The highest BCUT2D eigenvalue weighted by Gasteiger charge is 2.21. The van der Waals surface area contributed by atoms with Gasteiger partial charge in [-0.05, 0) is 31.2 Å². The minimum Gasteiger partial charge on any atom is -0.469 e. The lowest BCUT2D eigenvalue weighted by Gasteiger charge is -2.16. The fourth-order valence-corrected chi connectivity index (χ4v) is 2.63. The summed E-state index contributed by atoms with van der Waals surface area (Å²) >= 11 is 0. The van der Waals surface area contributed by atoms with E-state index in [0.29, 0.717) is 12.0 Å². The molecule has 6 nitrogen and oxygen atoms in total. The quantitative estimate of drug-likeness (QED) is 0.800. The Morgan fingerprint density at radius 3 is 2.75 bits per heavy atom. The molecule has 0 spiro atoms. The van der Waals surface area contributed by atoms with E-state index in [1.165, 1.54) is 0 Å². The zero-order chi connectivity index (χ0) is 17.3. The van der Waals surface area contributed by atoms with Gasteiger partial charge in [0, 0.05) is 24.1 Å². The Kier molecular flexibility index (Phi) is 4.13. The van der Waals surface area contributed by atoms with E-state index in [-0.39, 0.29) is 17.4 Å². The molecule has 3 aromatic rings. The minimum atomic E-state index is -0.152. The van der Waals surface area contributed by atoms with Crippen molar-refractivity contribution in [3.05, 3.63) is 53.9 Å². The van der Waals surface area contributed by atoms with Crippen molar-refractivity contribution >= 4 is 11.6 Å². The molecule has 126 valence electrons. The van der Waals surface area contributed by atoms with Crippen molar-refractivity contribution in [2.75, 3.05) is 0 Å². The van der Waals surface area contributed by atoms with E-state index >= 15 is 0 Å². The zero-order valence-electron chi connectivity index (χ0n) is 14.4. The van der Waals surface area contributed by atoms with Crippen LogP contribution in [0.2, 0.25) is 0 Å². The van der Waals surface area contributed by atoms with E-state index in [4.69, 9.17) is 4.42 Å². The van der Waals surface area contributed by atoms with Gasteiger partial charge in [0.25, 0.3) is 5.91 Å². The molecule has 3 aromatic heterocycles. The van der Waals surface area contributed by atoms with Crippen LogP contribution in [0.25, 0.3) is 5.65 Å². The molecule has 0 fully saturated rings. The van der Waals surface area contributed by atoms with Crippen LogP contribution in [-0.4, -0.2) is 26.5 Å². The largest absolute Gasteiger partial charge is 0.469 e. The zero-order valence-corrected chi connectivity index (χ0v) is 14.4. The Morgan fingerprint density at radius 1 is 1.29 bits per heavy atom. The second kappa shape index (κ2) is 6.11. The lowest BCUT2D eigenvalue weighted by Crippen LogP contribution is -2.34. The van der Waals surface area contributed by atoms with Crippen LogP contribution >= 0.6 is 0 Å². The molecular weight excluding hydrogens is 304 g/mol. The van der Waals surface area contributed by atoms with Crippen molar-refractivity contribution in [2.45, 2.75) is 45.6 Å². The smallest absolute Gasteiger partial charge is 0.253 e. The highest BCUT2D eigenvalue weighted by atomic mass is 16.3. The molecule has 1 N–H and O–H groups in total. The van der Waals surface area contributed by atoms with Gasteiger partial charge in [0.15, 0.2) is 5.65 Å². The summed E-state index contributed by atoms with van der Waals surface area (Å²) in [5, 5.41) is 11.4. The molecular formula is C18H22N4O2. The van der Waals surface area contributed by atoms with Crippen LogP contribution in [-0.2, 0) is 11.8 Å². The van der Waals surface area contributed by atoms with Crippen molar-refractivity contribution < 1.29 is 9.21 Å². The van der Waals surface area contributed by atoms with Gasteiger partial charge in [0.05, 0.1) is 11.8 Å². The third kappa shape index (κ3) is 3.32. The van der Waals surface area contributed by atoms with Crippen LogP contribution in [0.15, 0.2) is 41.1 Å². The standard InChI is InChI=1S/C18H22N4O2/c1-12(10-14-6-5-9-24-14)19-16(23)13-7-8-15-20-21-17(18(2,3)4)22(15)11-13/h5-9,11-12H,10H2,1-4H3,(H,19,23). The van der Waals surface area contributed by atoms with E-state index < -0.39 is 0 Å². The predicted octanol–water partition coefficient (Wildman–Crippen LogP) is 2.98. The molecule has 3 rings (SSSR count). The van der Waals surface area contributed by atoms with Gasteiger partial charge in [-0.1, -0.05) is 20.8 Å². The fourth-order valence-electron chi connectivity index (χ4n) is 2.63. The van der Waals surface area contributed by atoms with Gasteiger partial charge >= 0.3 is 0 Å². The lowest BCUT2D eigenvalue weighted by atomic mass is 9.96. The van der Waals surface area contributed by atoms with Gasteiger partial charge in [-0.25, -0.2) is 0 Å². The Balaban J connectivity index is 1.79. The number of carbonyl (C=O) groups excluding carboxylic acids is 1. The second-order valence-electron chi connectivity index (χ2n) is 7.08. The summed E-state index contributed by atoms with van der Waals surface area (Å²) in [6.07, 6.45) is 4.09. The maximum Gasteiger partial charge on any atom is 0.253 e. The molecule has 1 unspecified atom stereocenters. The van der Waals surface area contributed by atoms with Crippen LogP contribution in [0.4, 0.5) is 0 Å². The number of furan rings is 1. The lowest BCUT2D eigenvalue weighted by molar-refractivity contribution is 0.0939. The van der Waals surface area contributed by atoms with Gasteiger partial charge in [-0.15, -0.1) is 10.2 Å². The molecule has 0 aliphatic rings. The SMILES string of the molecule is CC(Cc1ccco1)NC(=O)c1ccc2nnc(C(C)(C)C)n2c1. The first kappa shape index (κ1) is 16.2. The van der Waals surface area contributed by atoms with E-state index in [0.717, 1.165) is 17.2 Å². The number of fused-ring (bicyclic) bond motifs is 1. The molecule has 24 heavy (non-hydrogen) atoms. The number of hydrogen-bond acceptors (Lipinski definition) is 4. The third-order valence-corrected chi connectivity index (χ3v) is 3.80. The van der Waals surface area contributed by atoms with Crippen molar-refractivity contribution in [3.63, 3.8) is 0 Å². The molecule has 1 atom stereocenters. The monoisotopic (exact) mass is 326 g/mol. The summed E-state index contributed by atoms with van der Waals surface area (Å²) < 4.78 is 7.20. The number of nitrogens with one attached hydrogen (secondary N) is 1. The van der Waals surface area contributed by atoms with Gasteiger partial charge in [-0.2, -0.15) is 0 Å². The molecule has 0 saturated heterocycles. The van der Waals surface area contributed by atoms with Crippen LogP contribution in [0, 0.1) is 0 Å². The highest BCUT2D eigenvalue weighted by Crippen LogP contribution is 2.21. The average molecular weight is 326 g/mol. The Morgan fingerprint density at radius 2 is 2.08 bits per heavy atom. The first-order chi connectivity index (χ1) is 11.3. The number of aromatic nitrogens is 3. The minimum absolute atomic E-state index is 0.0256. The van der Waals surface area contributed by atoms with Crippen molar-refractivity contribution in [2.24, 2.45) is 0 Å². The van der Waals surface area contributed by atoms with Crippen molar-refractivity contribution in [1.29, 1.82) is 0 Å². The van der Waals surface area contributed by atoms with E-state index in [1.807, 2.05) is 29.5 Å². The Labute approximate surface area is 140 Å². The van der Waals surface area contributed by atoms with Gasteiger partial charge in [0.2, 0.25) is 0 Å². The number of pyridine rings is 1. The summed E-state index contributed by atoms with van der Waals surface area (Å²) in [5.41, 5.74) is 1.17. The molecule has 0 aliphatic heterocycles. The van der Waals surface area contributed by atoms with Gasteiger partial charge in [-0.3, -0.25) is 9.20 Å². The second-order valence-corrected chi connectivity index (χ2v) is 7.08. The molecule has 0 bridgehead atoms.